The van der Waals surface area contributed by atoms with E-state index >= 15 is 0 Å². The molecule has 0 atom stereocenters. The molecule has 0 aliphatic carbocycles. The third-order valence-corrected chi connectivity index (χ3v) is 4.34. The molecule has 0 aliphatic rings. The van der Waals surface area contributed by atoms with Gasteiger partial charge in [-0.05, 0) is 50.9 Å². The fraction of sp³-hybridized carbons (Fsp3) is 0.125. The molecule has 25 heavy (non-hydrogen) atoms. The van der Waals surface area contributed by atoms with Crippen LogP contribution in [-0.4, -0.2) is 30.1 Å². The lowest BCUT2D eigenvalue weighted by Gasteiger charge is -2.06. The molecule has 0 bridgehead atoms. The van der Waals surface area contributed by atoms with E-state index in [4.69, 9.17) is 3.56 Å². The zero-order valence-corrected chi connectivity index (χ0v) is 15.1. The van der Waals surface area contributed by atoms with Crippen molar-refractivity contribution in [2.75, 3.05) is 9.74 Å². The predicted molar refractivity (Wildman–Crippen MR) is 99.2 cm³/mol. The summed E-state index contributed by atoms with van der Waals surface area (Å²) >= 11 is -0.945. The van der Waals surface area contributed by atoms with Crippen molar-refractivity contribution in [3.8, 4) is 11.4 Å². The number of nitrogens with one attached hydrogen (secondary N) is 2. The number of hydrogen-bond acceptors (Lipinski definition) is 6. The van der Waals surface area contributed by atoms with Crippen molar-refractivity contribution in [1.29, 1.82) is 3.56 Å². The first kappa shape index (κ1) is 17.3. The first-order valence-electron chi connectivity index (χ1n) is 7.31. The first-order valence-corrected chi connectivity index (χ1v) is 9.91. The second-order valence-electron chi connectivity index (χ2n) is 5.05. The van der Waals surface area contributed by atoms with Crippen molar-refractivity contribution >= 4 is 32.9 Å². The fourth-order valence-corrected chi connectivity index (χ4v) is 2.76. The lowest BCUT2D eigenvalue weighted by atomic mass is 10.2. The Morgan fingerprint density at radius 2 is 2.08 bits per heavy atom. The molecule has 0 fully saturated rings. The number of carbonyl (C=O) groups is 1. The van der Waals surface area contributed by atoms with Crippen LogP contribution < -0.4 is 5.32 Å². The number of pyridine rings is 1. The van der Waals surface area contributed by atoms with E-state index in [2.05, 4.69) is 20.4 Å². The standard InChI is InChI=1S/C16H14FIN6O/c17-13-5-3-11(4-6-13)9-21-16-22-15(12-2-1-7-20-10-12)23-24(16)14(25)8-18-19/h1-7,10,19H,8-9H2,(H,21,22,23). The van der Waals surface area contributed by atoms with Gasteiger partial charge in [-0.2, -0.15) is 9.67 Å². The molecule has 0 spiro atoms. The third kappa shape index (κ3) is 4.29. The number of carbonyl (C=O) groups excluding carboxylic acids is 1. The molecule has 2 aromatic heterocycles. The lowest BCUT2D eigenvalue weighted by Crippen LogP contribution is -2.17. The van der Waals surface area contributed by atoms with Crippen LogP contribution in [0.2, 0.25) is 0 Å². The Balaban J connectivity index is 1.87. The van der Waals surface area contributed by atoms with E-state index in [1.54, 1.807) is 36.7 Å². The van der Waals surface area contributed by atoms with E-state index in [1.807, 2.05) is 0 Å². The Bertz CT molecular complexity index is 881. The summed E-state index contributed by atoms with van der Waals surface area (Å²) in [6.07, 6.45) is 3.26. The van der Waals surface area contributed by atoms with Crippen molar-refractivity contribution < 1.29 is 9.18 Å². The van der Waals surface area contributed by atoms with Gasteiger partial charge in [-0.3, -0.25) is 13.3 Å². The van der Waals surface area contributed by atoms with Gasteiger partial charge in [0.25, 0.3) is 5.91 Å². The minimum Gasteiger partial charge on any atom is -0.350 e. The van der Waals surface area contributed by atoms with E-state index < -0.39 is 21.0 Å². The highest BCUT2D eigenvalue weighted by Gasteiger charge is 2.16. The zero-order valence-electron chi connectivity index (χ0n) is 13.0. The molecule has 128 valence electrons. The molecule has 2 heterocycles. The molecule has 0 saturated heterocycles. The van der Waals surface area contributed by atoms with Crippen LogP contribution in [0.25, 0.3) is 11.4 Å². The maximum atomic E-state index is 13.0. The topological polar surface area (TPSA) is 96.5 Å². The van der Waals surface area contributed by atoms with E-state index in [0.29, 0.717) is 23.9 Å². The molecule has 9 heteroatoms. The van der Waals surface area contributed by atoms with E-state index in [1.165, 1.54) is 16.8 Å². The molecule has 1 aromatic carbocycles. The summed E-state index contributed by atoms with van der Waals surface area (Å²) < 4.78 is 21.7. The second-order valence-corrected chi connectivity index (χ2v) is 6.58. The molecule has 0 radical (unpaired) electrons. The molecule has 7 nitrogen and oxygen atoms in total. The highest BCUT2D eigenvalue weighted by atomic mass is 127. The van der Waals surface area contributed by atoms with E-state index in [0.717, 1.165) is 5.56 Å². The fourth-order valence-electron chi connectivity index (χ4n) is 2.11. The van der Waals surface area contributed by atoms with Crippen molar-refractivity contribution in [1.82, 2.24) is 19.7 Å². The van der Waals surface area contributed by atoms with Gasteiger partial charge in [0.05, 0.1) is 4.43 Å². The lowest BCUT2D eigenvalue weighted by molar-refractivity contribution is 0.0932. The highest BCUT2D eigenvalue weighted by Crippen LogP contribution is 2.18. The van der Waals surface area contributed by atoms with Crippen LogP contribution in [0.15, 0.2) is 48.8 Å². The van der Waals surface area contributed by atoms with Gasteiger partial charge < -0.3 is 5.32 Å². The van der Waals surface area contributed by atoms with Crippen molar-refractivity contribution in [3.63, 3.8) is 0 Å². The van der Waals surface area contributed by atoms with E-state index in [-0.39, 0.29) is 16.2 Å². The Labute approximate surface area is 153 Å². The van der Waals surface area contributed by atoms with Crippen LogP contribution in [0.5, 0.6) is 0 Å². The number of aromatic nitrogens is 4. The summed E-state index contributed by atoms with van der Waals surface area (Å²) in [6, 6.07) is 9.62. The predicted octanol–water partition coefficient (Wildman–Crippen LogP) is 3.46. The molecule has 0 saturated carbocycles. The summed E-state index contributed by atoms with van der Waals surface area (Å²) in [7, 11) is 0. The molecule has 0 unspecified atom stereocenters. The Morgan fingerprint density at radius 3 is 2.76 bits per heavy atom. The van der Waals surface area contributed by atoms with Crippen molar-refractivity contribution in [3.05, 3.63) is 60.2 Å². The molecule has 0 amide bonds. The number of halogens is 2. The monoisotopic (exact) mass is 452 g/mol. The summed E-state index contributed by atoms with van der Waals surface area (Å²) in [5.41, 5.74) is 1.54. The maximum absolute atomic E-state index is 13.0. The van der Waals surface area contributed by atoms with Gasteiger partial charge in [-0.25, -0.2) is 4.39 Å². The van der Waals surface area contributed by atoms with Gasteiger partial charge >= 0.3 is 0 Å². The van der Waals surface area contributed by atoms with Gasteiger partial charge in [0.2, 0.25) is 5.95 Å². The smallest absolute Gasteiger partial charge is 0.260 e. The number of nitrogens with zero attached hydrogens (tertiary/aromatic N) is 4. The average Bonchev–Trinajstić information content (AvgIpc) is 3.07. The van der Waals surface area contributed by atoms with E-state index in [9.17, 15) is 9.18 Å². The minimum atomic E-state index is -0.945. The number of benzene rings is 1. The number of alkyl halides is 1. The van der Waals surface area contributed by atoms with Gasteiger partial charge in [0.15, 0.2) is 5.82 Å². The Kier molecular flexibility index (Phi) is 5.53. The van der Waals surface area contributed by atoms with Gasteiger partial charge in [-0.1, -0.05) is 12.1 Å². The van der Waals surface area contributed by atoms with Gasteiger partial charge in [0, 0.05) is 24.5 Å². The quantitative estimate of drug-likeness (QED) is 0.441. The molecule has 3 aromatic rings. The zero-order chi connectivity index (χ0) is 17.6. The Morgan fingerprint density at radius 1 is 1.28 bits per heavy atom. The van der Waals surface area contributed by atoms with Crippen LogP contribution in [-0.2, 0) is 6.54 Å². The van der Waals surface area contributed by atoms with Crippen LogP contribution in [0.4, 0.5) is 10.3 Å². The molecular formula is C16H14FIN6O. The van der Waals surface area contributed by atoms with Crippen molar-refractivity contribution in [2.24, 2.45) is 0 Å². The summed E-state index contributed by atoms with van der Waals surface area (Å²) in [5.74, 6) is 0.101. The minimum absolute atomic E-state index is 0.153. The van der Waals surface area contributed by atoms with Crippen LogP contribution in [0.1, 0.15) is 10.4 Å². The number of anilines is 1. The normalized spacial score (nSPS) is 10.6. The second kappa shape index (κ2) is 8.01. The van der Waals surface area contributed by atoms with Crippen LogP contribution in [0.3, 0.4) is 0 Å². The molecule has 0 aliphatic heterocycles. The van der Waals surface area contributed by atoms with Crippen LogP contribution in [0, 0.1) is 9.38 Å². The first-order chi connectivity index (χ1) is 12.2. The largest absolute Gasteiger partial charge is 0.350 e. The van der Waals surface area contributed by atoms with Crippen LogP contribution >= 0.6 is 21.0 Å². The highest BCUT2D eigenvalue weighted by molar-refractivity contribution is 14.1. The summed E-state index contributed by atoms with van der Waals surface area (Å²) in [5, 5.41) is 7.31. The molecule has 3 rings (SSSR count). The van der Waals surface area contributed by atoms with Gasteiger partial charge in [-0.15, -0.1) is 5.10 Å². The van der Waals surface area contributed by atoms with Crippen molar-refractivity contribution in [2.45, 2.75) is 6.54 Å². The molecular weight excluding hydrogens is 438 g/mol. The van der Waals surface area contributed by atoms with Gasteiger partial charge in [0.1, 0.15) is 5.82 Å². The third-order valence-electron chi connectivity index (χ3n) is 3.31. The summed E-state index contributed by atoms with van der Waals surface area (Å²) in [6.45, 7) is 0.370. The molecule has 2 N–H and O–H groups in total. The SMILES string of the molecule is N=ICC(=O)n1nc(-c2cccnc2)nc1NCc1ccc(F)cc1. The maximum Gasteiger partial charge on any atom is 0.260 e. The number of rotatable bonds is 6. The average molecular weight is 452 g/mol. The summed E-state index contributed by atoms with van der Waals surface area (Å²) in [4.78, 5) is 20.6. The number of hydrogen-bond donors (Lipinski definition) is 2. The Hall–Kier alpha value is -2.56.